The van der Waals surface area contributed by atoms with Gasteiger partial charge in [0, 0.05) is 16.8 Å². The molecule has 2 aromatic rings. The molecule has 0 saturated heterocycles. The molecule has 0 fully saturated rings. The van der Waals surface area contributed by atoms with Gasteiger partial charge in [0.15, 0.2) is 4.96 Å². The van der Waals surface area contributed by atoms with Crippen molar-refractivity contribution in [3.8, 4) is 0 Å². The van der Waals surface area contributed by atoms with Gasteiger partial charge in [-0.05, 0) is 37.5 Å². The summed E-state index contributed by atoms with van der Waals surface area (Å²) >= 11 is 1.77. The number of thiazole rings is 1. The molecule has 1 aliphatic carbocycles. The number of fused-ring (bicyclic) bond motifs is 3. The predicted octanol–water partition coefficient (Wildman–Crippen LogP) is 3.86. The summed E-state index contributed by atoms with van der Waals surface area (Å²) in [5.74, 6) is 0.786. The standard InChI is InChI=1S/C14H20N2S/c1-9-8-17-13-15-11-6-5-10(14(2,3)4)7-12(11)16(9)13/h8,10H,5-7H2,1-4H3. The minimum Gasteiger partial charge on any atom is -0.292 e. The summed E-state index contributed by atoms with van der Waals surface area (Å²) in [6.45, 7) is 9.27. The van der Waals surface area contributed by atoms with Gasteiger partial charge in [0.1, 0.15) is 0 Å². The van der Waals surface area contributed by atoms with Crippen molar-refractivity contribution in [3.63, 3.8) is 0 Å². The molecule has 0 bridgehead atoms. The molecule has 2 heterocycles. The van der Waals surface area contributed by atoms with Crippen LogP contribution in [0.25, 0.3) is 4.96 Å². The van der Waals surface area contributed by atoms with Gasteiger partial charge < -0.3 is 0 Å². The highest BCUT2D eigenvalue weighted by molar-refractivity contribution is 7.15. The zero-order valence-corrected chi connectivity index (χ0v) is 11.9. The molecular formula is C14H20N2S. The Morgan fingerprint density at radius 1 is 1.41 bits per heavy atom. The zero-order valence-electron chi connectivity index (χ0n) is 11.1. The van der Waals surface area contributed by atoms with E-state index in [-0.39, 0.29) is 0 Å². The number of imidazole rings is 1. The van der Waals surface area contributed by atoms with Gasteiger partial charge in [-0.2, -0.15) is 0 Å². The highest BCUT2D eigenvalue weighted by atomic mass is 32.1. The molecule has 92 valence electrons. The van der Waals surface area contributed by atoms with E-state index in [2.05, 4.69) is 37.5 Å². The third kappa shape index (κ3) is 1.71. The van der Waals surface area contributed by atoms with Crippen LogP contribution >= 0.6 is 11.3 Å². The quantitative estimate of drug-likeness (QED) is 0.692. The molecule has 0 amide bonds. The SMILES string of the molecule is Cc1csc2nc3c(n12)CC(C(C)(C)C)CC3. The molecule has 3 heteroatoms. The Balaban J connectivity index is 2.08. The monoisotopic (exact) mass is 248 g/mol. The van der Waals surface area contributed by atoms with Crippen molar-refractivity contribution >= 4 is 16.3 Å². The van der Waals surface area contributed by atoms with Crippen molar-refractivity contribution in [3.05, 3.63) is 22.5 Å². The van der Waals surface area contributed by atoms with Crippen LogP contribution in [0.2, 0.25) is 0 Å². The van der Waals surface area contributed by atoms with Crippen molar-refractivity contribution in [1.82, 2.24) is 9.38 Å². The van der Waals surface area contributed by atoms with E-state index in [1.165, 1.54) is 34.9 Å². The van der Waals surface area contributed by atoms with Crippen LogP contribution in [0.3, 0.4) is 0 Å². The highest BCUT2D eigenvalue weighted by Crippen LogP contribution is 2.38. The van der Waals surface area contributed by atoms with Gasteiger partial charge in [-0.1, -0.05) is 20.8 Å². The lowest BCUT2D eigenvalue weighted by molar-refractivity contribution is 0.213. The van der Waals surface area contributed by atoms with Gasteiger partial charge in [-0.3, -0.25) is 4.40 Å². The van der Waals surface area contributed by atoms with Crippen LogP contribution in [0.5, 0.6) is 0 Å². The highest BCUT2D eigenvalue weighted by Gasteiger charge is 2.31. The van der Waals surface area contributed by atoms with Gasteiger partial charge in [0.05, 0.1) is 5.69 Å². The first-order chi connectivity index (χ1) is 7.97. The average Bonchev–Trinajstić information content (AvgIpc) is 2.76. The largest absolute Gasteiger partial charge is 0.292 e. The Hall–Kier alpha value is -0.830. The molecule has 1 aliphatic rings. The van der Waals surface area contributed by atoms with Gasteiger partial charge in [0.25, 0.3) is 0 Å². The number of aromatic nitrogens is 2. The molecule has 2 aromatic heterocycles. The lowest BCUT2D eigenvalue weighted by Gasteiger charge is -2.33. The van der Waals surface area contributed by atoms with Crippen LogP contribution in [0.15, 0.2) is 5.38 Å². The second-order valence-corrected chi connectivity index (χ2v) is 7.14. The molecule has 0 saturated carbocycles. The van der Waals surface area contributed by atoms with E-state index < -0.39 is 0 Å². The van der Waals surface area contributed by atoms with E-state index in [1.54, 1.807) is 11.3 Å². The smallest absolute Gasteiger partial charge is 0.194 e. The molecule has 0 radical (unpaired) electrons. The fourth-order valence-corrected chi connectivity index (χ4v) is 3.81. The van der Waals surface area contributed by atoms with Gasteiger partial charge in [-0.15, -0.1) is 11.3 Å². The molecule has 0 aliphatic heterocycles. The molecule has 0 spiro atoms. The molecule has 0 aromatic carbocycles. The van der Waals surface area contributed by atoms with E-state index in [1.807, 2.05) is 0 Å². The van der Waals surface area contributed by atoms with Gasteiger partial charge in [-0.25, -0.2) is 4.98 Å². The van der Waals surface area contributed by atoms with Crippen molar-refractivity contribution in [1.29, 1.82) is 0 Å². The number of rotatable bonds is 0. The first-order valence-electron chi connectivity index (χ1n) is 6.41. The van der Waals surface area contributed by atoms with Crippen molar-refractivity contribution in [2.75, 3.05) is 0 Å². The number of hydrogen-bond acceptors (Lipinski definition) is 2. The van der Waals surface area contributed by atoms with Gasteiger partial charge >= 0.3 is 0 Å². The van der Waals surface area contributed by atoms with E-state index in [4.69, 9.17) is 4.98 Å². The first-order valence-corrected chi connectivity index (χ1v) is 7.29. The van der Waals surface area contributed by atoms with Crippen LogP contribution in [0, 0.1) is 18.3 Å². The van der Waals surface area contributed by atoms with Crippen LogP contribution in [0.4, 0.5) is 0 Å². The van der Waals surface area contributed by atoms with E-state index in [0.717, 1.165) is 12.3 Å². The summed E-state index contributed by atoms with van der Waals surface area (Å²) in [4.78, 5) is 5.95. The minimum absolute atomic E-state index is 0.409. The fraction of sp³-hybridized carbons (Fsp3) is 0.643. The molecule has 17 heavy (non-hydrogen) atoms. The van der Waals surface area contributed by atoms with Crippen LogP contribution in [-0.2, 0) is 12.8 Å². The molecular weight excluding hydrogens is 228 g/mol. The third-order valence-corrected chi connectivity index (χ3v) is 5.05. The maximum absolute atomic E-state index is 4.77. The summed E-state index contributed by atoms with van der Waals surface area (Å²) in [6, 6.07) is 0. The number of nitrogens with zero attached hydrogens (tertiary/aromatic N) is 2. The van der Waals surface area contributed by atoms with Crippen molar-refractivity contribution < 1.29 is 0 Å². The summed E-state index contributed by atoms with van der Waals surface area (Å²) in [5, 5.41) is 2.21. The normalized spacial score (nSPS) is 20.8. The van der Waals surface area contributed by atoms with E-state index in [9.17, 15) is 0 Å². The predicted molar refractivity (Wildman–Crippen MR) is 72.8 cm³/mol. The minimum atomic E-state index is 0.409. The van der Waals surface area contributed by atoms with Crippen molar-refractivity contribution in [2.24, 2.45) is 11.3 Å². The molecule has 3 rings (SSSR count). The Labute approximate surface area is 107 Å². The fourth-order valence-electron chi connectivity index (χ4n) is 2.90. The topological polar surface area (TPSA) is 17.3 Å². The van der Waals surface area contributed by atoms with Gasteiger partial charge in [0.2, 0.25) is 0 Å². The number of hydrogen-bond donors (Lipinski definition) is 0. The maximum atomic E-state index is 4.77. The summed E-state index contributed by atoms with van der Waals surface area (Å²) in [6.07, 6.45) is 3.64. The second-order valence-electron chi connectivity index (χ2n) is 6.31. The zero-order chi connectivity index (χ0) is 12.2. The Bertz CT molecular complexity index is 557. The second kappa shape index (κ2) is 3.58. The third-order valence-electron chi connectivity index (χ3n) is 4.11. The maximum Gasteiger partial charge on any atom is 0.194 e. The lowest BCUT2D eigenvalue weighted by Crippen LogP contribution is -2.27. The Morgan fingerprint density at radius 2 is 2.18 bits per heavy atom. The molecule has 0 N–H and O–H groups in total. The Morgan fingerprint density at radius 3 is 2.88 bits per heavy atom. The molecule has 2 nitrogen and oxygen atoms in total. The van der Waals surface area contributed by atoms with E-state index >= 15 is 0 Å². The number of aryl methyl sites for hydroxylation is 2. The Kier molecular flexibility index (Phi) is 2.37. The first kappa shape index (κ1) is 11.3. The average molecular weight is 248 g/mol. The molecule has 1 atom stereocenters. The summed E-state index contributed by atoms with van der Waals surface area (Å²) in [7, 11) is 0. The lowest BCUT2D eigenvalue weighted by atomic mass is 9.73. The van der Waals surface area contributed by atoms with Crippen LogP contribution in [0.1, 0.15) is 44.3 Å². The molecule has 1 unspecified atom stereocenters. The van der Waals surface area contributed by atoms with Crippen LogP contribution in [-0.4, -0.2) is 9.38 Å². The van der Waals surface area contributed by atoms with Crippen LogP contribution < -0.4 is 0 Å². The summed E-state index contributed by atoms with van der Waals surface area (Å²) < 4.78 is 2.37. The van der Waals surface area contributed by atoms with Crippen molar-refractivity contribution in [2.45, 2.75) is 47.0 Å². The van der Waals surface area contributed by atoms with E-state index in [0.29, 0.717) is 5.41 Å². The summed E-state index contributed by atoms with van der Waals surface area (Å²) in [5.41, 5.74) is 4.57.